The van der Waals surface area contributed by atoms with Crippen molar-refractivity contribution in [3.05, 3.63) is 33.8 Å². The van der Waals surface area contributed by atoms with Gasteiger partial charge in [-0.25, -0.2) is 0 Å². The number of hydrogen-bond acceptors (Lipinski definition) is 3. The van der Waals surface area contributed by atoms with Crippen LogP contribution in [0.2, 0.25) is 0 Å². The number of carbonyl (C=O) groups is 1. The zero-order chi connectivity index (χ0) is 13.1. The highest BCUT2D eigenvalue weighted by molar-refractivity contribution is 9.10. The van der Waals surface area contributed by atoms with Crippen LogP contribution in [0.5, 0.6) is 0 Å². The van der Waals surface area contributed by atoms with Gasteiger partial charge in [0.2, 0.25) is 0 Å². The van der Waals surface area contributed by atoms with Gasteiger partial charge in [-0.3, -0.25) is 9.69 Å². The minimum absolute atomic E-state index is 0.543. The molecule has 1 atom stereocenters. The molecule has 2 rings (SSSR count). The lowest BCUT2D eigenvalue weighted by Gasteiger charge is -2.32. The lowest BCUT2D eigenvalue weighted by Crippen LogP contribution is -2.47. The van der Waals surface area contributed by atoms with E-state index in [1.807, 2.05) is 30.0 Å². The van der Waals surface area contributed by atoms with Crippen LogP contribution in [0.25, 0.3) is 0 Å². The van der Waals surface area contributed by atoms with Crippen molar-refractivity contribution < 1.29 is 9.90 Å². The van der Waals surface area contributed by atoms with E-state index in [1.165, 1.54) is 0 Å². The first kappa shape index (κ1) is 13.5. The Morgan fingerprint density at radius 3 is 2.67 bits per heavy atom. The summed E-state index contributed by atoms with van der Waals surface area (Å²) in [5.74, 6) is -0.779. The van der Waals surface area contributed by atoms with Crippen molar-refractivity contribution in [2.45, 2.75) is 13.0 Å². The second-order valence-electron chi connectivity index (χ2n) is 4.54. The minimum atomic E-state index is -0.779. The third-order valence-electron chi connectivity index (χ3n) is 3.25. The van der Waals surface area contributed by atoms with Crippen LogP contribution in [0.4, 0.5) is 0 Å². The van der Waals surface area contributed by atoms with Crippen LogP contribution in [0.3, 0.4) is 0 Å². The molecule has 0 aromatic heterocycles. The fourth-order valence-corrected chi connectivity index (χ4v) is 2.53. The van der Waals surface area contributed by atoms with E-state index >= 15 is 0 Å². The van der Waals surface area contributed by atoms with Gasteiger partial charge in [0.25, 0.3) is 0 Å². The van der Waals surface area contributed by atoms with Gasteiger partial charge in [-0.2, -0.15) is 0 Å². The molecular weight excluding hydrogens is 296 g/mol. The van der Waals surface area contributed by atoms with E-state index in [9.17, 15) is 9.90 Å². The number of benzene rings is 1. The van der Waals surface area contributed by atoms with Gasteiger partial charge in [-0.05, 0) is 24.1 Å². The van der Waals surface area contributed by atoms with Crippen LogP contribution in [0.1, 0.15) is 17.2 Å². The molecule has 2 N–H and O–H groups in total. The molecule has 0 spiro atoms. The maximum Gasteiger partial charge on any atom is 0.325 e. The molecule has 0 amide bonds. The Morgan fingerprint density at radius 1 is 1.44 bits per heavy atom. The Bertz CT molecular complexity index is 445. The van der Waals surface area contributed by atoms with Crippen molar-refractivity contribution in [3.8, 4) is 0 Å². The normalized spacial score (nSPS) is 18.6. The number of hydrogen-bond donors (Lipinski definition) is 2. The van der Waals surface area contributed by atoms with Crippen molar-refractivity contribution >= 4 is 21.9 Å². The third kappa shape index (κ3) is 2.91. The fourth-order valence-electron chi connectivity index (χ4n) is 2.29. The van der Waals surface area contributed by atoms with E-state index in [4.69, 9.17) is 0 Å². The topological polar surface area (TPSA) is 52.6 Å². The highest BCUT2D eigenvalue weighted by Gasteiger charge is 2.28. The number of rotatable bonds is 3. The molecule has 1 saturated heterocycles. The fraction of sp³-hybridized carbons (Fsp3) is 0.462. The molecule has 1 aromatic rings. The summed E-state index contributed by atoms with van der Waals surface area (Å²) < 4.78 is 1.01. The molecule has 1 aliphatic rings. The number of aryl methyl sites for hydroxylation is 1. The van der Waals surface area contributed by atoms with Crippen LogP contribution < -0.4 is 5.32 Å². The third-order valence-corrected chi connectivity index (χ3v) is 4.14. The van der Waals surface area contributed by atoms with Crippen molar-refractivity contribution in [1.29, 1.82) is 0 Å². The lowest BCUT2D eigenvalue weighted by molar-refractivity contribution is -0.143. The number of piperazine rings is 1. The first-order valence-electron chi connectivity index (χ1n) is 6.03. The van der Waals surface area contributed by atoms with E-state index in [2.05, 4.69) is 21.2 Å². The quantitative estimate of drug-likeness (QED) is 0.893. The number of aliphatic carboxylic acids is 1. The summed E-state index contributed by atoms with van der Waals surface area (Å²) in [6, 6.07) is 5.21. The summed E-state index contributed by atoms with van der Waals surface area (Å²) in [5, 5.41) is 12.7. The van der Waals surface area contributed by atoms with Crippen molar-refractivity contribution in [3.63, 3.8) is 0 Å². The summed E-state index contributed by atoms with van der Waals surface area (Å²) >= 11 is 3.44. The van der Waals surface area contributed by atoms with Crippen molar-refractivity contribution in [2.75, 3.05) is 26.2 Å². The zero-order valence-corrected chi connectivity index (χ0v) is 11.9. The maximum absolute atomic E-state index is 11.5. The molecule has 5 heteroatoms. The summed E-state index contributed by atoms with van der Waals surface area (Å²) in [6.45, 7) is 5.21. The highest BCUT2D eigenvalue weighted by atomic mass is 79.9. The van der Waals surface area contributed by atoms with Gasteiger partial charge in [-0.1, -0.05) is 28.1 Å². The van der Waals surface area contributed by atoms with E-state index in [-0.39, 0.29) is 0 Å². The molecule has 1 fully saturated rings. The first-order chi connectivity index (χ1) is 8.59. The summed E-state index contributed by atoms with van der Waals surface area (Å²) in [6.07, 6.45) is 0. The first-order valence-corrected chi connectivity index (χ1v) is 6.82. The van der Waals surface area contributed by atoms with E-state index in [1.54, 1.807) is 0 Å². The van der Waals surface area contributed by atoms with E-state index in [0.29, 0.717) is 0 Å². The molecule has 1 aromatic carbocycles. The van der Waals surface area contributed by atoms with Gasteiger partial charge in [0.1, 0.15) is 6.04 Å². The van der Waals surface area contributed by atoms with Crippen LogP contribution in [-0.4, -0.2) is 42.2 Å². The van der Waals surface area contributed by atoms with Crippen molar-refractivity contribution in [1.82, 2.24) is 10.2 Å². The Hall–Kier alpha value is -0.910. The number of nitrogens with one attached hydrogen (secondary N) is 1. The van der Waals surface area contributed by atoms with Crippen LogP contribution >= 0.6 is 15.9 Å². The van der Waals surface area contributed by atoms with E-state index in [0.717, 1.165) is 41.8 Å². The number of halogens is 1. The summed E-state index contributed by atoms with van der Waals surface area (Å²) in [7, 11) is 0. The predicted molar refractivity (Wildman–Crippen MR) is 73.7 cm³/mol. The summed E-state index contributed by atoms with van der Waals surface area (Å²) in [4.78, 5) is 13.5. The number of carboxylic acid groups (broad SMARTS) is 1. The van der Waals surface area contributed by atoms with Gasteiger partial charge < -0.3 is 10.4 Å². The van der Waals surface area contributed by atoms with Gasteiger partial charge in [0.05, 0.1) is 0 Å². The van der Waals surface area contributed by atoms with Crippen molar-refractivity contribution in [2.24, 2.45) is 0 Å². The lowest BCUT2D eigenvalue weighted by atomic mass is 10.0. The van der Waals surface area contributed by atoms with Crippen LogP contribution in [0, 0.1) is 6.92 Å². The molecule has 0 radical (unpaired) electrons. The molecule has 0 bridgehead atoms. The SMILES string of the molecule is Cc1cc(C(C(=O)O)N2CCNCC2)ccc1Br. The molecule has 98 valence electrons. The van der Waals surface area contributed by atoms with Crippen LogP contribution in [-0.2, 0) is 4.79 Å². The number of nitrogens with zero attached hydrogens (tertiary/aromatic N) is 1. The zero-order valence-electron chi connectivity index (χ0n) is 10.3. The van der Waals surface area contributed by atoms with Gasteiger partial charge in [0.15, 0.2) is 0 Å². The smallest absolute Gasteiger partial charge is 0.325 e. The number of carboxylic acids is 1. The van der Waals surface area contributed by atoms with Crippen LogP contribution in [0.15, 0.2) is 22.7 Å². The van der Waals surface area contributed by atoms with E-state index < -0.39 is 12.0 Å². The molecule has 0 aliphatic carbocycles. The molecule has 1 unspecified atom stereocenters. The predicted octanol–water partition coefficient (Wildman–Crippen LogP) is 1.79. The Balaban J connectivity index is 2.28. The molecular formula is C13H17BrN2O2. The second-order valence-corrected chi connectivity index (χ2v) is 5.39. The Kier molecular flexibility index (Phi) is 4.37. The highest BCUT2D eigenvalue weighted by Crippen LogP contribution is 2.25. The average molecular weight is 313 g/mol. The monoisotopic (exact) mass is 312 g/mol. The van der Waals surface area contributed by atoms with Gasteiger partial charge >= 0.3 is 5.97 Å². The largest absolute Gasteiger partial charge is 0.480 e. The molecule has 0 saturated carbocycles. The molecule has 1 heterocycles. The Morgan fingerprint density at radius 2 is 2.11 bits per heavy atom. The Labute approximate surface area is 115 Å². The minimum Gasteiger partial charge on any atom is -0.480 e. The standard InChI is InChI=1S/C13H17BrN2O2/c1-9-8-10(2-3-11(9)14)12(13(17)18)16-6-4-15-5-7-16/h2-3,8,12,15H,4-7H2,1H3,(H,17,18). The average Bonchev–Trinajstić information content (AvgIpc) is 2.35. The molecule has 18 heavy (non-hydrogen) atoms. The van der Waals surface area contributed by atoms with Gasteiger partial charge in [0, 0.05) is 30.7 Å². The second kappa shape index (κ2) is 5.82. The van der Waals surface area contributed by atoms with Gasteiger partial charge in [-0.15, -0.1) is 0 Å². The molecule has 4 nitrogen and oxygen atoms in total. The maximum atomic E-state index is 11.5. The summed E-state index contributed by atoms with van der Waals surface area (Å²) in [5.41, 5.74) is 1.92. The molecule has 1 aliphatic heterocycles.